The molecule has 1 amide bonds. The average molecular weight is 396 g/mol. The zero-order valence-electron chi connectivity index (χ0n) is 16.8. The van der Waals surface area contributed by atoms with E-state index in [4.69, 9.17) is 0 Å². The molecule has 0 unspecified atom stereocenters. The maximum Gasteiger partial charge on any atom is 0.251 e. The fourth-order valence-corrected chi connectivity index (χ4v) is 3.67. The molecule has 0 fully saturated rings. The molecule has 0 bridgehead atoms. The predicted octanol–water partition coefficient (Wildman–Crippen LogP) is 4.88. The molecular weight excluding hydrogens is 370 g/mol. The highest BCUT2D eigenvalue weighted by molar-refractivity contribution is 5.94. The fraction of sp³-hybridized carbons (Fsp3) is 0.154. The first-order valence-electron chi connectivity index (χ1n) is 10.2. The summed E-state index contributed by atoms with van der Waals surface area (Å²) >= 11 is 0. The first-order chi connectivity index (χ1) is 14.8. The van der Waals surface area contributed by atoms with Crippen LogP contribution in [0.2, 0.25) is 0 Å². The van der Waals surface area contributed by atoms with E-state index >= 15 is 0 Å². The Bertz CT molecular complexity index is 1000. The van der Waals surface area contributed by atoms with E-state index < -0.39 is 0 Å². The first-order valence-corrected chi connectivity index (χ1v) is 10.2. The van der Waals surface area contributed by atoms with Gasteiger partial charge in [-0.25, -0.2) is 0 Å². The number of nitrogens with one attached hydrogen (secondary N) is 1. The molecule has 1 heterocycles. The summed E-state index contributed by atoms with van der Waals surface area (Å²) in [6.45, 7) is 1.31. The molecule has 4 nitrogen and oxygen atoms in total. The van der Waals surface area contributed by atoms with Crippen LogP contribution < -0.4 is 5.32 Å². The van der Waals surface area contributed by atoms with Gasteiger partial charge >= 0.3 is 0 Å². The predicted molar refractivity (Wildman–Crippen MR) is 119 cm³/mol. The van der Waals surface area contributed by atoms with Crippen molar-refractivity contribution in [2.75, 3.05) is 6.54 Å². The number of rotatable bonds is 8. The normalized spacial score (nSPS) is 10.8. The van der Waals surface area contributed by atoms with Crippen LogP contribution in [0.15, 0.2) is 103 Å². The highest BCUT2D eigenvalue weighted by atomic mass is 16.1. The van der Waals surface area contributed by atoms with Crippen LogP contribution in [0.4, 0.5) is 0 Å². The third-order valence-corrected chi connectivity index (χ3v) is 5.24. The van der Waals surface area contributed by atoms with E-state index in [2.05, 4.69) is 58.9 Å². The van der Waals surface area contributed by atoms with Gasteiger partial charge in [-0.05, 0) is 41.3 Å². The van der Waals surface area contributed by atoms with Gasteiger partial charge in [-0.2, -0.15) is 5.10 Å². The Balaban J connectivity index is 1.36. The molecule has 0 aliphatic heterocycles. The summed E-state index contributed by atoms with van der Waals surface area (Å²) in [6.07, 6.45) is 4.54. The van der Waals surface area contributed by atoms with Crippen molar-refractivity contribution in [3.05, 3.63) is 126 Å². The van der Waals surface area contributed by atoms with Crippen molar-refractivity contribution < 1.29 is 4.79 Å². The maximum absolute atomic E-state index is 12.6. The van der Waals surface area contributed by atoms with Crippen molar-refractivity contribution in [3.8, 4) is 0 Å². The number of carbonyl (C=O) groups is 1. The van der Waals surface area contributed by atoms with Gasteiger partial charge in [0.15, 0.2) is 0 Å². The van der Waals surface area contributed by atoms with E-state index in [0.29, 0.717) is 18.7 Å². The van der Waals surface area contributed by atoms with E-state index in [9.17, 15) is 4.79 Å². The quantitative estimate of drug-likeness (QED) is 0.462. The Kier molecular flexibility index (Phi) is 6.35. The minimum atomic E-state index is -0.0412. The Labute approximate surface area is 177 Å². The second kappa shape index (κ2) is 9.70. The zero-order chi connectivity index (χ0) is 20.6. The molecule has 150 valence electrons. The number of hydrogen-bond donors (Lipinski definition) is 1. The lowest BCUT2D eigenvalue weighted by molar-refractivity contribution is 0.0953. The highest BCUT2D eigenvalue weighted by Crippen LogP contribution is 2.27. The molecule has 4 heteroatoms. The number of carbonyl (C=O) groups excluding carboxylic acids is 1. The van der Waals surface area contributed by atoms with Crippen molar-refractivity contribution in [3.63, 3.8) is 0 Å². The molecule has 0 aliphatic rings. The van der Waals surface area contributed by atoms with E-state index in [-0.39, 0.29) is 11.8 Å². The monoisotopic (exact) mass is 395 g/mol. The lowest BCUT2D eigenvalue weighted by atomic mass is 9.88. The van der Waals surface area contributed by atoms with Gasteiger partial charge in [0, 0.05) is 30.4 Å². The second-order valence-corrected chi connectivity index (χ2v) is 7.32. The molecule has 0 radical (unpaired) electrons. The maximum atomic E-state index is 12.6. The lowest BCUT2D eigenvalue weighted by Gasteiger charge is -2.18. The van der Waals surface area contributed by atoms with Crippen LogP contribution in [-0.4, -0.2) is 22.2 Å². The first kappa shape index (κ1) is 19.6. The largest absolute Gasteiger partial charge is 0.352 e. The molecule has 3 aromatic carbocycles. The summed E-state index contributed by atoms with van der Waals surface area (Å²) in [4.78, 5) is 12.6. The van der Waals surface area contributed by atoms with Gasteiger partial charge in [0.25, 0.3) is 5.91 Å². The summed E-state index contributed by atoms with van der Waals surface area (Å²) in [5, 5.41) is 7.29. The molecular formula is C26H25N3O. The van der Waals surface area contributed by atoms with Crippen LogP contribution in [0.5, 0.6) is 0 Å². The van der Waals surface area contributed by atoms with Crippen LogP contribution >= 0.6 is 0 Å². The SMILES string of the molecule is O=C(NCCC(c1ccccc1)c1ccccc1)c1ccc(Cn2cccn2)cc1. The minimum Gasteiger partial charge on any atom is -0.352 e. The molecule has 4 aromatic rings. The molecule has 0 aliphatic carbocycles. The molecule has 0 saturated carbocycles. The Hall–Kier alpha value is -3.66. The van der Waals surface area contributed by atoms with E-state index in [1.807, 2.05) is 53.3 Å². The van der Waals surface area contributed by atoms with Crippen LogP contribution in [0.25, 0.3) is 0 Å². The average Bonchev–Trinajstić information content (AvgIpc) is 3.31. The van der Waals surface area contributed by atoms with Crippen LogP contribution in [0.3, 0.4) is 0 Å². The van der Waals surface area contributed by atoms with Crippen molar-refractivity contribution >= 4 is 5.91 Å². The second-order valence-electron chi connectivity index (χ2n) is 7.32. The molecule has 1 N–H and O–H groups in total. The third kappa shape index (κ3) is 5.03. The molecule has 1 aromatic heterocycles. The summed E-state index contributed by atoms with van der Waals surface area (Å²) in [7, 11) is 0. The van der Waals surface area contributed by atoms with Crippen molar-refractivity contribution in [2.45, 2.75) is 18.9 Å². The van der Waals surface area contributed by atoms with E-state index in [0.717, 1.165) is 12.0 Å². The smallest absolute Gasteiger partial charge is 0.251 e. The third-order valence-electron chi connectivity index (χ3n) is 5.24. The van der Waals surface area contributed by atoms with Gasteiger partial charge in [0.2, 0.25) is 0 Å². The fourth-order valence-electron chi connectivity index (χ4n) is 3.67. The molecule has 0 atom stereocenters. The number of hydrogen-bond acceptors (Lipinski definition) is 2. The molecule has 0 spiro atoms. The summed E-state index contributed by atoms with van der Waals surface area (Å²) in [6, 6.07) is 30.5. The Morgan fingerprint density at radius 3 is 2.03 bits per heavy atom. The van der Waals surface area contributed by atoms with Crippen molar-refractivity contribution in [1.29, 1.82) is 0 Å². The minimum absolute atomic E-state index is 0.0412. The summed E-state index contributed by atoms with van der Waals surface area (Å²) < 4.78 is 1.86. The Morgan fingerprint density at radius 1 is 0.833 bits per heavy atom. The molecule has 0 saturated heterocycles. The van der Waals surface area contributed by atoms with Gasteiger partial charge in [-0.15, -0.1) is 0 Å². The summed E-state index contributed by atoms with van der Waals surface area (Å²) in [5.41, 5.74) is 4.32. The topological polar surface area (TPSA) is 46.9 Å². The van der Waals surface area contributed by atoms with E-state index in [1.54, 1.807) is 6.20 Å². The lowest BCUT2D eigenvalue weighted by Crippen LogP contribution is -2.25. The number of amides is 1. The highest BCUT2D eigenvalue weighted by Gasteiger charge is 2.14. The zero-order valence-corrected chi connectivity index (χ0v) is 16.8. The molecule has 4 rings (SSSR count). The standard InChI is InChI=1S/C26H25N3O/c30-26(24-14-12-21(13-15-24)20-29-19-7-17-28-29)27-18-16-25(22-8-3-1-4-9-22)23-10-5-2-6-11-23/h1-15,17,19,25H,16,18,20H2,(H,27,30). The Morgan fingerprint density at radius 2 is 1.47 bits per heavy atom. The van der Waals surface area contributed by atoms with Crippen LogP contribution in [0, 0.1) is 0 Å². The van der Waals surface area contributed by atoms with Gasteiger partial charge in [0.1, 0.15) is 0 Å². The number of aromatic nitrogens is 2. The summed E-state index contributed by atoms with van der Waals surface area (Å²) in [5.74, 6) is 0.213. The van der Waals surface area contributed by atoms with Crippen LogP contribution in [-0.2, 0) is 6.54 Å². The number of nitrogens with zero attached hydrogens (tertiary/aromatic N) is 2. The van der Waals surface area contributed by atoms with Gasteiger partial charge < -0.3 is 5.32 Å². The van der Waals surface area contributed by atoms with E-state index in [1.165, 1.54) is 11.1 Å². The molecule has 30 heavy (non-hydrogen) atoms. The van der Waals surface area contributed by atoms with Crippen LogP contribution in [0.1, 0.15) is 39.4 Å². The number of benzene rings is 3. The van der Waals surface area contributed by atoms with Crippen molar-refractivity contribution in [2.24, 2.45) is 0 Å². The van der Waals surface area contributed by atoms with Crippen molar-refractivity contribution in [1.82, 2.24) is 15.1 Å². The van der Waals surface area contributed by atoms with Gasteiger partial charge in [-0.3, -0.25) is 9.48 Å². The van der Waals surface area contributed by atoms with Gasteiger partial charge in [-0.1, -0.05) is 72.8 Å². The van der Waals surface area contributed by atoms with Gasteiger partial charge in [0.05, 0.1) is 6.54 Å².